The lowest BCUT2D eigenvalue weighted by Gasteiger charge is -2.34. The summed E-state index contributed by atoms with van der Waals surface area (Å²) in [6.45, 7) is 1.66. The van der Waals surface area contributed by atoms with E-state index in [2.05, 4.69) is 5.32 Å². The molecule has 0 unspecified atom stereocenters. The highest BCUT2D eigenvalue weighted by molar-refractivity contribution is 6.07. The lowest BCUT2D eigenvalue weighted by atomic mass is 9.75. The molecule has 0 spiro atoms. The predicted molar refractivity (Wildman–Crippen MR) is 86.6 cm³/mol. The highest BCUT2D eigenvalue weighted by Crippen LogP contribution is 2.36. The molecule has 0 aromatic heterocycles. The molecule has 6 heteroatoms. The Balaban J connectivity index is 1.73. The second kappa shape index (κ2) is 6.51. The number of amides is 3. The van der Waals surface area contributed by atoms with Gasteiger partial charge in [-0.2, -0.15) is 0 Å². The first-order chi connectivity index (χ1) is 11.4. The van der Waals surface area contributed by atoms with Crippen LogP contribution in [0.15, 0.2) is 24.3 Å². The first kappa shape index (κ1) is 16.9. The maximum absolute atomic E-state index is 13.0. The monoisotopic (exact) mass is 334 g/mol. The van der Waals surface area contributed by atoms with Gasteiger partial charge in [0.05, 0.1) is 12.6 Å². The van der Waals surface area contributed by atoms with E-state index in [-0.39, 0.29) is 18.4 Å². The molecular formula is C18H23FN2O3. The van der Waals surface area contributed by atoms with Crippen molar-refractivity contribution >= 4 is 11.9 Å². The zero-order valence-electron chi connectivity index (χ0n) is 13.8. The van der Waals surface area contributed by atoms with E-state index < -0.39 is 23.5 Å². The van der Waals surface area contributed by atoms with Gasteiger partial charge in [0.15, 0.2) is 0 Å². The lowest BCUT2D eigenvalue weighted by Crippen LogP contribution is -2.51. The molecule has 0 radical (unpaired) electrons. The first-order valence-electron chi connectivity index (χ1n) is 8.49. The van der Waals surface area contributed by atoms with Crippen LogP contribution in [0.3, 0.4) is 0 Å². The van der Waals surface area contributed by atoms with Crippen LogP contribution in [0.4, 0.5) is 9.18 Å². The summed E-state index contributed by atoms with van der Waals surface area (Å²) in [5, 5.41) is 13.1. The van der Waals surface area contributed by atoms with Crippen LogP contribution in [0.2, 0.25) is 0 Å². The van der Waals surface area contributed by atoms with Crippen molar-refractivity contribution in [3.8, 4) is 0 Å². The van der Waals surface area contributed by atoms with Gasteiger partial charge in [-0.05, 0) is 43.4 Å². The van der Waals surface area contributed by atoms with Crippen molar-refractivity contribution in [2.24, 2.45) is 5.92 Å². The lowest BCUT2D eigenvalue weighted by molar-refractivity contribution is -0.134. The standard InChI is InChI=1S/C18H23FN2O3/c1-18(13-5-3-2-4-6-13)16(23)21(17(24)20-18)11-15(22)12-7-9-14(19)10-8-12/h7-10,13,15,22H,2-6,11H2,1H3,(H,20,24)/t15-,18-/m0/s1. The average Bonchev–Trinajstić information content (AvgIpc) is 2.80. The van der Waals surface area contributed by atoms with E-state index in [0.29, 0.717) is 5.56 Å². The molecule has 1 aliphatic heterocycles. The van der Waals surface area contributed by atoms with Gasteiger partial charge < -0.3 is 10.4 Å². The number of aliphatic hydroxyl groups excluding tert-OH is 1. The molecule has 1 saturated carbocycles. The third-order valence-corrected chi connectivity index (χ3v) is 5.33. The van der Waals surface area contributed by atoms with E-state index >= 15 is 0 Å². The molecule has 0 bridgehead atoms. The second-order valence-electron chi connectivity index (χ2n) is 6.95. The number of imide groups is 1. The van der Waals surface area contributed by atoms with Gasteiger partial charge in [-0.15, -0.1) is 0 Å². The van der Waals surface area contributed by atoms with Gasteiger partial charge in [-0.25, -0.2) is 9.18 Å². The molecule has 3 amide bonds. The summed E-state index contributed by atoms with van der Waals surface area (Å²) in [5.41, 5.74) is -0.414. The van der Waals surface area contributed by atoms with Gasteiger partial charge in [-0.1, -0.05) is 31.4 Å². The summed E-state index contributed by atoms with van der Waals surface area (Å²) in [4.78, 5) is 26.2. The minimum Gasteiger partial charge on any atom is -0.387 e. The van der Waals surface area contributed by atoms with Crippen LogP contribution in [0.1, 0.15) is 50.7 Å². The number of carbonyl (C=O) groups is 2. The number of rotatable bonds is 4. The molecule has 1 aromatic carbocycles. The van der Waals surface area contributed by atoms with Crippen LogP contribution >= 0.6 is 0 Å². The van der Waals surface area contributed by atoms with Gasteiger partial charge in [-0.3, -0.25) is 9.69 Å². The Morgan fingerprint density at radius 2 is 1.88 bits per heavy atom. The number of hydrogen-bond acceptors (Lipinski definition) is 3. The number of nitrogens with one attached hydrogen (secondary N) is 1. The molecular weight excluding hydrogens is 311 g/mol. The quantitative estimate of drug-likeness (QED) is 0.832. The number of benzene rings is 1. The summed E-state index contributed by atoms with van der Waals surface area (Å²) >= 11 is 0. The summed E-state index contributed by atoms with van der Waals surface area (Å²) in [5.74, 6) is -0.540. The summed E-state index contributed by atoms with van der Waals surface area (Å²) in [6.07, 6.45) is 4.13. The number of hydrogen-bond donors (Lipinski definition) is 2. The Kier molecular flexibility index (Phi) is 4.58. The minimum atomic E-state index is -1.03. The zero-order valence-corrected chi connectivity index (χ0v) is 13.8. The van der Waals surface area contributed by atoms with Gasteiger partial charge >= 0.3 is 6.03 Å². The smallest absolute Gasteiger partial charge is 0.325 e. The Hall–Kier alpha value is -1.95. The fourth-order valence-corrected chi connectivity index (χ4v) is 3.80. The molecule has 2 fully saturated rings. The van der Waals surface area contributed by atoms with Gasteiger partial charge in [0.1, 0.15) is 11.4 Å². The number of β-amino-alcohol motifs (C(OH)–C–C–N with tert-alkyl or cyclic N) is 1. The van der Waals surface area contributed by atoms with Gasteiger partial charge in [0.25, 0.3) is 5.91 Å². The third-order valence-electron chi connectivity index (χ3n) is 5.33. The maximum Gasteiger partial charge on any atom is 0.325 e. The second-order valence-corrected chi connectivity index (χ2v) is 6.95. The van der Waals surface area contributed by atoms with Crippen LogP contribution in [-0.4, -0.2) is 34.0 Å². The number of nitrogens with zero attached hydrogens (tertiary/aromatic N) is 1. The van der Waals surface area contributed by atoms with Crippen molar-refractivity contribution < 1.29 is 19.1 Å². The number of urea groups is 1. The minimum absolute atomic E-state index is 0.126. The largest absolute Gasteiger partial charge is 0.387 e. The Bertz CT molecular complexity index is 628. The van der Waals surface area contributed by atoms with Crippen LogP contribution < -0.4 is 5.32 Å². The van der Waals surface area contributed by atoms with E-state index in [1.807, 2.05) is 0 Å². The normalized spacial score (nSPS) is 26.5. The SMILES string of the molecule is C[C@@]1(C2CCCCC2)NC(=O)N(C[C@H](O)c2ccc(F)cc2)C1=O. The molecule has 2 aliphatic rings. The van der Waals surface area contributed by atoms with E-state index in [1.165, 1.54) is 30.7 Å². The van der Waals surface area contributed by atoms with Crippen LogP contribution in [0.5, 0.6) is 0 Å². The van der Waals surface area contributed by atoms with Crippen molar-refractivity contribution in [1.82, 2.24) is 10.2 Å². The van der Waals surface area contributed by atoms with E-state index in [9.17, 15) is 19.1 Å². The predicted octanol–water partition coefficient (Wildman–Crippen LogP) is 2.75. The van der Waals surface area contributed by atoms with Crippen molar-refractivity contribution in [1.29, 1.82) is 0 Å². The molecule has 1 aliphatic carbocycles. The molecule has 1 heterocycles. The topological polar surface area (TPSA) is 69.6 Å². The maximum atomic E-state index is 13.0. The third kappa shape index (κ3) is 3.02. The zero-order chi connectivity index (χ0) is 17.3. The average molecular weight is 334 g/mol. The summed E-state index contributed by atoms with van der Waals surface area (Å²) < 4.78 is 13.0. The molecule has 2 atom stereocenters. The van der Waals surface area contributed by atoms with Crippen LogP contribution in [-0.2, 0) is 4.79 Å². The Morgan fingerprint density at radius 3 is 2.50 bits per heavy atom. The fourth-order valence-electron chi connectivity index (χ4n) is 3.80. The molecule has 2 N–H and O–H groups in total. The summed E-state index contributed by atoms with van der Waals surface area (Å²) in [6, 6.07) is 4.94. The number of halogens is 1. The van der Waals surface area contributed by atoms with Gasteiger partial charge in [0.2, 0.25) is 0 Å². The van der Waals surface area contributed by atoms with Crippen LogP contribution in [0.25, 0.3) is 0 Å². The Labute approximate surface area is 140 Å². The van der Waals surface area contributed by atoms with Crippen molar-refractivity contribution in [2.45, 2.75) is 50.7 Å². The Morgan fingerprint density at radius 1 is 1.25 bits per heavy atom. The highest BCUT2D eigenvalue weighted by atomic mass is 19.1. The molecule has 130 valence electrons. The van der Waals surface area contributed by atoms with Gasteiger partial charge in [0, 0.05) is 0 Å². The highest BCUT2D eigenvalue weighted by Gasteiger charge is 2.52. The van der Waals surface area contributed by atoms with E-state index in [4.69, 9.17) is 0 Å². The molecule has 5 nitrogen and oxygen atoms in total. The molecule has 3 rings (SSSR count). The van der Waals surface area contributed by atoms with E-state index in [0.717, 1.165) is 30.6 Å². The van der Waals surface area contributed by atoms with E-state index in [1.54, 1.807) is 6.92 Å². The number of carbonyl (C=O) groups excluding carboxylic acids is 2. The summed E-state index contributed by atoms with van der Waals surface area (Å²) in [7, 11) is 0. The van der Waals surface area contributed by atoms with Crippen molar-refractivity contribution in [2.75, 3.05) is 6.54 Å². The molecule has 24 heavy (non-hydrogen) atoms. The molecule has 1 aromatic rings. The van der Waals surface area contributed by atoms with Crippen LogP contribution in [0, 0.1) is 11.7 Å². The van der Waals surface area contributed by atoms with Crippen molar-refractivity contribution in [3.05, 3.63) is 35.6 Å². The van der Waals surface area contributed by atoms with Crippen molar-refractivity contribution in [3.63, 3.8) is 0 Å². The first-order valence-corrected chi connectivity index (χ1v) is 8.49. The number of aliphatic hydroxyl groups is 1. The molecule has 1 saturated heterocycles. The fraction of sp³-hybridized carbons (Fsp3) is 0.556.